The van der Waals surface area contributed by atoms with Gasteiger partial charge in [0.25, 0.3) is 0 Å². The van der Waals surface area contributed by atoms with Gasteiger partial charge in [-0.3, -0.25) is 4.79 Å². The number of amides is 1. The smallest absolute Gasteiger partial charge is 0.230 e. The van der Waals surface area contributed by atoms with Crippen molar-refractivity contribution in [2.75, 3.05) is 6.54 Å². The maximum Gasteiger partial charge on any atom is 0.230 e. The summed E-state index contributed by atoms with van der Waals surface area (Å²) in [5, 5.41) is 11.2. The first kappa shape index (κ1) is 11.7. The Morgan fingerprint density at radius 2 is 2.44 bits per heavy atom. The number of fused-ring (bicyclic) bond motifs is 1. The fourth-order valence-electron chi connectivity index (χ4n) is 3.39. The van der Waals surface area contributed by atoms with Crippen molar-refractivity contribution in [3.05, 3.63) is 12.2 Å². The molecule has 5 atom stereocenters. The number of carboxylic acid groups (broad SMARTS) is 1. The molecule has 2 bridgehead atoms. The summed E-state index contributed by atoms with van der Waals surface area (Å²) >= 11 is 0. The van der Waals surface area contributed by atoms with Gasteiger partial charge >= 0.3 is 0 Å². The van der Waals surface area contributed by atoms with Crippen LogP contribution in [-0.2, 0) is 14.3 Å². The van der Waals surface area contributed by atoms with Crippen LogP contribution in [0.1, 0.15) is 20.3 Å². The first-order valence-electron chi connectivity index (χ1n) is 6.38. The van der Waals surface area contributed by atoms with E-state index in [-0.39, 0.29) is 11.9 Å². The van der Waals surface area contributed by atoms with E-state index < -0.39 is 29.5 Å². The van der Waals surface area contributed by atoms with Gasteiger partial charge in [0.2, 0.25) is 5.91 Å². The zero-order chi connectivity index (χ0) is 13.1. The summed E-state index contributed by atoms with van der Waals surface area (Å²) in [7, 11) is 0. The molecule has 0 aliphatic carbocycles. The molecule has 2 saturated heterocycles. The highest BCUT2D eigenvalue weighted by Crippen LogP contribution is 2.52. The summed E-state index contributed by atoms with van der Waals surface area (Å²) in [5.74, 6) is -2.73. The molecular formula is C13H16NO4-. The average Bonchev–Trinajstić information content (AvgIpc) is 2.96. The molecule has 1 spiro atoms. The number of carbonyl (C=O) groups is 2. The fourth-order valence-corrected chi connectivity index (χ4v) is 3.39. The zero-order valence-electron chi connectivity index (χ0n) is 10.5. The lowest BCUT2D eigenvalue weighted by Gasteiger charge is -2.26. The summed E-state index contributed by atoms with van der Waals surface area (Å²) in [5.41, 5.74) is -0.726. The van der Waals surface area contributed by atoms with Crippen LogP contribution in [0.5, 0.6) is 0 Å². The van der Waals surface area contributed by atoms with Crippen molar-refractivity contribution in [2.24, 2.45) is 11.8 Å². The van der Waals surface area contributed by atoms with Gasteiger partial charge in [0, 0.05) is 17.9 Å². The molecule has 2 fully saturated rings. The molecule has 18 heavy (non-hydrogen) atoms. The van der Waals surface area contributed by atoms with E-state index in [2.05, 4.69) is 0 Å². The second-order valence-electron chi connectivity index (χ2n) is 5.44. The standard InChI is InChI=1S/C13H17NO4/c1-3-7(2)14-6-13-5-4-8(18-13)9(12(16)17)10(13)11(14)15/h4-5,7-10H,3,6H2,1-2H3,(H,16,17)/p-1/t7-,8-,9-,10-,13+/m0/s1. The topological polar surface area (TPSA) is 69.7 Å². The minimum atomic E-state index is -1.18. The van der Waals surface area contributed by atoms with E-state index in [0.717, 1.165) is 6.42 Å². The molecule has 0 aromatic carbocycles. The number of ether oxygens (including phenoxy) is 1. The van der Waals surface area contributed by atoms with E-state index in [1.54, 1.807) is 11.0 Å². The van der Waals surface area contributed by atoms with Gasteiger partial charge in [-0.15, -0.1) is 0 Å². The number of rotatable bonds is 3. The molecule has 0 N–H and O–H groups in total. The third kappa shape index (κ3) is 1.25. The Hall–Kier alpha value is -1.36. The van der Waals surface area contributed by atoms with Crippen LogP contribution in [0.3, 0.4) is 0 Å². The second kappa shape index (κ2) is 3.57. The van der Waals surface area contributed by atoms with E-state index >= 15 is 0 Å². The monoisotopic (exact) mass is 250 g/mol. The van der Waals surface area contributed by atoms with Crippen LogP contribution in [0.4, 0.5) is 0 Å². The Balaban J connectivity index is 1.97. The van der Waals surface area contributed by atoms with E-state index in [4.69, 9.17) is 4.74 Å². The molecule has 5 nitrogen and oxygen atoms in total. The Kier molecular flexibility index (Phi) is 2.32. The molecule has 5 heteroatoms. The molecule has 3 heterocycles. The average molecular weight is 250 g/mol. The first-order chi connectivity index (χ1) is 8.50. The Bertz CT molecular complexity index is 446. The molecule has 3 rings (SSSR count). The molecule has 0 saturated carbocycles. The number of nitrogens with zero attached hydrogens (tertiary/aromatic N) is 1. The van der Waals surface area contributed by atoms with Crippen molar-refractivity contribution in [1.29, 1.82) is 0 Å². The summed E-state index contributed by atoms with van der Waals surface area (Å²) in [6.45, 7) is 4.44. The lowest BCUT2D eigenvalue weighted by atomic mass is 9.77. The Morgan fingerprint density at radius 1 is 1.72 bits per heavy atom. The van der Waals surface area contributed by atoms with E-state index in [1.807, 2.05) is 19.9 Å². The highest BCUT2D eigenvalue weighted by Gasteiger charge is 2.65. The fraction of sp³-hybridized carbons (Fsp3) is 0.692. The second-order valence-corrected chi connectivity index (χ2v) is 5.44. The third-order valence-electron chi connectivity index (χ3n) is 4.52. The molecule has 3 aliphatic rings. The van der Waals surface area contributed by atoms with Gasteiger partial charge in [-0.25, -0.2) is 0 Å². The highest BCUT2D eigenvalue weighted by atomic mass is 16.5. The van der Waals surface area contributed by atoms with Gasteiger partial charge in [-0.05, 0) is 13.3 Å². The number of hydrogen-bond acceptors (Lipinski definition) is 4. The SMILES string of the molecule is CC[C@H](C)N1C[C@@]23C=C[C@H](O2)[C@H](C(=O)[O-])[C@H]3C1=O. The van der Waals surface area contributed by atoms with Crippen molar-refractivity contribution < 1.29 is 19.4 Å². The molecule has 3 aliphatic heterocycles. The Morgan fingerprint density at radius 3 is 3.06 bits per heavy atom. The van der Waals surface area contributed by atoms with Crippen molar-refractivity contribution in [1.82, 2.24) is 4.90 Å². The van der Waals surface area contributed by atoms with E-state index in [1.165, 1.54) is 0 Å². The number of carbonyl (C=O) groups excluding carboxylic acids is 2. The van der Waals surface area contributed by atoms with Gasteiger partial charge in [-0.2, -0.15) is 0 Å². The van der Waals surface area contributed by atoms with Gasteiger partial charge in [-0.1, -0.05) is 19.1 Å². The lowest BCUT2D eigenvalue weighted by Crippen LogP contribution is -2.45. The van der Waals surface area contributed by atoms with Crippen LogP contribution in [0, 0.1) is 11.8 Å². The maximum atomic E-state index is 12.4. The van der Waals surface area contributed by atoms with Gasteiger partial charge in [0.15, 0.2) is 0 Å². The molecular weight excluding hydrogens is 234 g/mol. The van der Waals surface area contributed by atoms with Crippen LogP contribution >= 0.6 is 0 Å². The summed E-state index contributed by atoms with van der Waals surface area (Å²) < 4.78 is 5.76. The quantitative estimate of drug-likeness (QED) is 0.622. The van der Waals surface area contributed by atoms with Gasteiger partial charge < -0.3 is 19.5 Å². The number of carboxylic acids is 1. The number of hydrogen-bond donors (Lipinski definition) is 0. The predicted octanol–water partition coefficient (Wildman–Crippen LogP) is -0.683. The predicted molar refractivity (Wildman–Crippen MR) is 60.2 cm³/mol. The van der Waals surface area contributed by atoms with Crippen LogP contribution in [0.25, 0.3) is 0 Å². The normalized spacial score (nSPS) is 42.4. The lowest BCUT2D eigenvalue weighted by molar-refractivity contribution is -0.313. The molecule has 98 valence electrons. The van der Waals surface area contributed by atoms with Gasteiger partial charge in [0.1, 0.15) is 5.60 Å². The molecule has 0 radical (unpaired) electrons. The zero-order valence-corrected chi connectivity index (χ0v) is 10.5. The van der Waals surface area contributed by atoms with Crippen LogP contribution in [-0.4, -0.2) is 41.1 Å². The molecule has 0 unspecified atom stereocenters. The van der Waals surface area contributed by atoms with Crippen molar-refractivity contribution in [2.45, 2.75) is 38.0 Å². The molecule has 1 amide bonds. The minimum absolute atomic E-state index is 0.106. The van der Waals surface area contributed by atoms with Crippen molar-refractivity contribution in [3.63, 3.8) is 0 Å². The van der Waals surface area contributed by atoms with Crippen LogP contribution < -0.4 is 5.11 Å². The van der Waals surface area contributed by atoms with E-state index in [9.17, 15) is 14.7 Å². The van der Waals surface area contributed by atoms with Crippen LogP contribution in [0.15, 0.2) is 12.2 Å². The molecule has 0 aromatic heterocycles. The summed E-state index contributed by atoms with van der Waals surface area (Å²) in [6, 6.07) is 0.107. The highest BCUT2D eigenvalue weighted by molar-refractivity contribution is 5.90. The van der Waals surface area contributed by atoms with Crippen molar-refractivity contribution >= 4 is 11.9 Å². The summed E-state index contributed by atoms with van der Waals surface area (Å²) in [6.07, 6.45) is 3.97. The minimum Gasteiger partial charge on any atom is -0.550 e. The largest absolute Gasteiger partial charge is 0.550 e. The van der Waals surface area contributed by atoms with Gasteiger partial charge in [0.05, 0.1) is 18.6 Å². The van der Waals surface area contributed by atoms with Crippen LogP contribution in [0.2, 0.25) is 0 Å². The Labute approximate surface area is 105 Å². The summed E-state index contributed by atoms with van der Waals surface area (Å²) in [4.78, 5) is 25.4. The number of aliphatic carboxylic acids is 1. The van der Waals surface area contributed by atoms with E-state index in [0.29, 0.717) is 6.54 Å². The van der Waals surface area contributed by atoms with Crippen molar-refractivity contribution in [3.8, 4) is 0 Å². The maximum absolute atomic E-state index is 12.4. The number of likely N-dealkylation sites (tertiary alicyclic amines) is 1. The molecule has 0 aromatic rings. The first-order valence-corrected chi connectivity index (χ1v) is 6.38. The third-order valence-corrected chi connectivity index (χ3v) is 4.52.